The van der Waals surface area contributed by atoms with E-state index in [2.05, 4.69) is 24.1 Å². The lowest BCUT2D eigenvalue weighted by Gasteiger charge is -2.33. The molecular weight excluding hydrogens is 208 g/mol. The van der Waals surface area contributed by atoms with Gasteiger partial charge >= 0.3 is 0 Å². The van der Waals surface area contributed by atoms with Crippen LogP contribution in [0.15, 0.2) is 0 Å². The van der Waals surface area contributed by atoms with E-state index >= 15 is 0 Å². The van der Waals surface area contributed by atoms with Crippen molar-refractivity contribution in [3.8, 4) is 0 Å². The Bertz CT molecular complexity index is 262. The van der Waals surface area contributed by atoms with Gasteiger partial charge in [0, 0.05) is 18.6 Å². The Kier molecular flexibility index (Phi) is 3.45. The zero-order valence-corrected chi connectivity index (χ0v) is 11.5. The van der Waals surface area contributed by atoms with E-state index in [4.69, 9.17) is 0 Å². The molecule has 0 spiro atoms. The SMILES string of the molecule is CC1CCC(N2CCCNC(C3CC3)C2)C1C. The van der Waals surface area contributed by atoms with Gasteiger partial charge in [-0.25, -0.2) is 0 Å². The van der Waals surface area contributed by atoms with Crippen LogP contribution in [0.5, 0.6) is 0 Å². The molecule has 1 N–H and O–H groups in total. The maximum atomic E-state index is 3.78. The van der Waals surface area contributed by atoms with Crippen LogP contribution in [0.25, 0.3) is 0 Å². The summed E-state index contributed by atoms with van der Waals surface area (Å²) < 4.78 is 0. The fraction of sp³-hybridized carbons (Fsp3) is 1.00. The monoisotopic (exact) mass is 236 g/mol. The van der Waals surface area contributed by atoms with Crippen LogP contribution in [0.4, 0.5) is 0 Å². The molecular formula is C15H28N2. The Hall–Kier alpha value is -0.0800. The van der Waals surface area contributed by atoms with Crippen LogP contribution < -0.4 is 5.32 Å². The standard InChI is InChI=1S/C15H28N2/c1-11-4-7-15(12(11)2)17-9-3-8-16-14(10-17)13-5-6-13/h11-16H,3-10H2,1-2H3. The summed E-state index contributed by atoms with van der Waals surface area (Å²) in [6.07, 6.45) is 7.19. The van der Waals surface area contributed by atoms with Crippen molar-refractivity contribution in [3.63, 3.8) is 0 Å². The van der Waals surface area contributed by atoms with Crippen LogP contribution in [0.3, 0.4) is 0 Å². The molecule has 0 aromatic heterocycles. The molecule has 4 unspecified atom stereocenters. The second-order valence-electron chi connectivity index (χ2n) is 6.73. The quantitative estimate of drug-likeness (QED) is 0.792. The van der Waals surface area contributed by atoms with Gasteiger partial charge in [0.1, 0.15) is 0 Å². The molecule has 0 amide bonds. The molecule has 4 atom stereocenters. The molecule has 2 saturated carbocycles. The summed E-state index contributed by atoms with van der Waals surface area (Å²) in [5.41, 5.74) is 0. The molecule has 0 radical (unpaired) electrons. The van der Waals surface area contributed by atoms with Gasteiger partial charge in [-0.1, -0.05) is 13.8 Å². The summed E-state index contributed by atoms with van der Waals surface area (Å²) in [6, 6.07) is 1.69. The topological polar surface area (TPSA) is 15.3 Å². The molecule has 98 valence electrons. The third kappa shape index (κ3) is 2.53. The van der Waals surface area contributed by atoms with Gasteiger partial charge in [0.25, 0.3) is 0 Å². The van der Waals surface area contributed by atoms with E-state index in [9.17, 15) is 0 Å². The summed E-state index contributed by atoms with van der Waals surface area (Å²) in [7, 11) is 0. The van der Waals surface area contributed by atoms with Gasteiger partial charge in [-0.3, -0.25) is 4.90 Å². The molecule has 17 heavy (non-hydrogen) atoms. The Balaban J connectivity index is 1.64. The fourth-order valence-corrected chi connectivity index (χ4v) is 3.95. The number of nitrogens with zero attached hydrogens (tertiary/aromatic N) is 1. The van der Waals surface area contributed by atoms with E-state index in [0.29, 0.717) is 0 Å². The maximum Gasteiger partial charge on any atom is 0.0223 e. The van der Waals surface area contributed by atoms with Crippen molar-refractivity contribution >= 4 is 0 Å². The zero-order valence-electron chi connectivity index (χ0n) is 11.5. The van der Waals surface area contributed by atoms with E-state index < -0.39 is 0 Å². The molecule has 0 aromatic carbocycles. The lowest BCUT2D eigenvalue weighted by Crippen LogP contribution is -2.45. The Labute approximate surface area is 106 Å². The van der Waals surface area contributed by atoms with Gasteiger partial charge in [0.2, 0.25) is 0 Å². The second kappa shape index (κ2) is 4.89. The van der Waals surface area contributed by atoms with Gasteiger partial charge in [-0.2, -0.15) is 0 Å². The summed E-state index contributed by atoms with van der Waals surface area (Å²) in [5.74, 6) is 2.85. The maximum absolute atomic E-state index is 3.78. The molecule has 3 rings (SSSR count). The van der Waals surface area contributed by atoms with Crippen LogP contribution in [0, 0.1) is 17.8 Å². The van der Waals surface area contributed by atoms with Gasteiger partial charge in [-0.05, 0) is 62.9 Å². The smallest absolute Gasteiger partial charge is 0.0223 e. The molecule has 2 aliphatic carbocycles. The first kappa shape index (κ1) is 12.0. The van der Waals surface area contributed by atoms with E-state index in [-0.39, 0.29) is 0 Å². The predicted molar refractivity (Wildman–Crippen MR) is 72.1 cm³/mol. The van der Waals surface area contributed by atoms with Crippen LogP contribution in [0.1, 0.15) is 46.0 Å². The highest BCUT2D eigenvalue weighted by Gasteiger charge is 2.38. The summed E-state index contributed by atoms with van der Waals surface area (Å²) in [5, 5.41) is 3.78. The minimum Gasteiger partial charge on any atom is -0.312 e. The highest BCUT2D eigenvalue weighted by Crippen LogP contribution is 2.37. The van der Waals surface area contributed by atoms with Crippen LogP contribution >= 0.6 is 0 Å². The van der Waals surface area contributed by atoms with Gasteiger partial charge < -0.3 is 5.32 Å². The minimum atomic E-state index is 0.806. The van der Waals surface area contributed by atoms with Crippen LogP contribution in [0.2, 0.25) is 0 Å². The van der Waals surface area contributed by atoms with E-state index in [1.807, 2.05) is 0 Å². The zero-order chi connectivity index (χ0) is 11.8. The van der Waals surface area contributed by atoms with Crippen molar-refractivity contribution in [1.82, 2.24) is 10.2 Å². The summed E-state index contributed by atoms with van der Waals surface area (Å²) in [4.78, 5) is 2.83. The predicted octanol–water partition coefficient (Wildman–Crippen LogP) is 2.49. The summed E-state index contributed by atoms with van der Waals surface area (Å²) in [6.45, 7) is 8.82. The fourth-order valence-electron chi connectivity index (χ4n) is 3.95. The Morgan fingerprint density at radius 2 is 1.88 bits per heavy atom. The highest BCUT2D eigenvalue weighted by molar-refractivity contribution is 4.94. The molecule has 3 aliphatic rings. The third-order valence-electron chi connectivity index (χ3n) is 5.54. The van der Waals surface area contributed by atoms with Crippen molar-refractivity contribution in [3.05, 3.63) is 0 Å². The van der Waals surface area contributed by atoms with Crippen LogP contribution in [-0.4, -0.2) is 36.6 Å². The average molecular weight is 236 g/mol. The molecule has 0 bridgehead atoms. The number of hydrogen-bond acceptors (Lipinski definition) is 2. The third-order valence-corrected chi connectivity index (χ3v) is 5.54. The first-order chi connectivity index (χ1) is 8.25. The Morgan fingerprint density at radius 1 is 1.06 bits per heavy atom. The van der Waals surface area contributed by atoms with Gasteiger partial charge in [0.05, 0.1) is 0 Å². The van der Waals surface area contributed by atoms with Crippen molar-refractivity contribution in [2.45, 2.75) is 58.0 Å². The molecule has 0 aromatic rings. The first-order valence-electron chi connectivity index (χ1n) is 7.73. The van der Waals surface area contributed by atoms with Gasteiger partial charge in [0.15, 0.2) is 0 Å². The first-order valence-corrected chi connectivity index (χ1v) is 7.73. The average Bonchev–Trinajstić information content (AvgIpc) is 3.12. The van der Waals surface area contributed by atoms with E-state index in [1.54, 1.807) is 0 Å². The van der Waals surface area contributed by atoms with Crippen molar-refractivity contribution in [2.24, 2.45) is 17.8 Å². The molecule has 1 heterocycles. The molecule has 1 aliphatic heterocycles. The molecule has 3 fully saturated rings. The number of nitrogens with one attached hydrogen (secondary N) is 1. The highest BCUT2D eigenvalue weighted by atomic mass is 15.2. The second-order valence-corrected chi connectivity index (χ2v) is 6.73. The normalized spacial score (nSPS) is 44.8. The molecule has 1 saturated heterocycles. The molecule has 2 nitrogen and oxygen atoms in total. The van der Waals surface area contributed by atoms with Gasteiger partial charge in [-0.15, -0.1) is 0 Å². The van der Waals surface area contributed by atoms with E-state index in [0.717, 1.165) is 29.8 Å². The van der Waals surface area contributed by atoms with Crippen molar-refractivity contribution in [1.29, 1.82) is 0 Å². The number of rotatable bonds is 2. The van der Waals surface area contributed by atoms with Crippen molar-refractivity contribution < 1.29 is 0 Å². The van der Waals surface area contributed by atoms with E-state index in [1.165, 1.54) is 51.7 Å². The summed E-state index contributed by atoms with van der Waals surface area (Å²) >= 11 is 0. The molecule has 2 heteroatoms. The number of hydrogen-bond donors (Lipinski definition) is 1. The largest absolute Gasteiger partial charge is 0.312 e. The minimum absolute atomic E-state index is 0.806. The van der Waals surface area contributed by atoms with Crippen molar-refractivity contribution in [2.75, 3.05) is 19.6 Å². The lowest BCUT2D eigenvalue weighted by molar-refractivity contribution is 0.150. The lowest BCUT2D eigenvalue weighted by atomic mass is 9.96. The Morgan fingerprint density at radius 3 is 2.53 bits per heavy atom. The van der Waals surface area contributed by atoms with Crippen LogP contribution in [-0.2, 0) is 0 Å².